The SMILES string of the molecule is CC(C)n1ncc2c(C(=O)N(C)Cc3cnn(C)c3)cc(-c3ccco3)nc21. The summed E-state index contributed by atoms with van der Waals surface area (Å²) < 4.78 is 9.05. The van der Waals surface area contributed by atoms with E-state index in [2.05, 4.69) is 10.2 Å². The van der Waals surface area contributed by atoms with E-state index in [1.807, 2.05) is 37.8 Å². The van der Waals surface area contributed by atoms with Crippen molar-refractivity contribution >= 4 is 16.9 Å². The van der Waals surface area contributed by atoms with Gasteiger partial charge in [-0.3, -0.25) is 9.48 Å². The van der Waals surface area contributed by atoms with Crippen LogP contribution < -0.4 is 0 Å². The molecule has 0 N–H and O–H groups in total. The first-order chi connectivity index (χ1) is 13.4. The van der Waals surface area contributed by atoms with Crippen LogP contribution in [-0.2, 0) is 13.6 Å². The highest BCUT2D eigenvalue weighted by molar-refractivity contribution is 6.06. The number of fused-ring (bicyclic) bond motifs is 1. The number of nitrogens with zero attached hydrogens (tertiary/aromatic N) is 6. The molecule has 0 radical (unpaired) electrons. The first-order valence-corrected chi connectivity index (χ1v) is 9.09. The highest BCUT2D eigenvalue weighted by Crippen LogP contribution is 2.27. The summed E-state index contributed by atoms with van der Waals surface area (Å²) in [4.78, 5) is 19.7. The van der Waals surface area contributed by atoms with Crippen LogP contribution in [0.2, 0.25) is 0 Å². The second kappa shape index (κ2) is 6.95. The number of rotatable bonds is 5. The first-order valence-electron chi connectivity index (χ1n) is 9.09. The van der Waals surface area contributed by atoms with Crippen LogP contribution in [0.15, 0.2) is 47.5 Å². The Kier molecular flexibility index (Phi) is 4.46. The molecule has 0 fully saturated rings. The maximum Gasteiger partial charge on any atom is 0.254 e. The molecule has 0 aromatic carbocycles. The molecule has 1 amide bonds. The minimum atomic E-state index is -0.104. The van der Waals surface area contributed by atoms with Gasteiger partial charge in [0.1, 0.15) is 5.69 Å². The zero-order valence-electron chi connectivity index (χ0n) is 16.3. The Morgan fingerprint density at radius 2 is 2.11 bits per heavy atom. The number of carbonyl (C=O) groups is 1. The van der Waals surface area contributed by atoms with E-state index >= 15 is 0 Å². The Hall–Kier alpha value is -3.42. The molecule has 0 bridgehead atoms. The maximum atomic E-state index is 13.3. The molecule has 0 atom stereocenters. The van der Waals surface area contributed by atoms with E-state index in [0.717, 1.165) is 10.9 Å². The van der Waals surface area contributed by atoms with Crippen molar-refractivity contribution in [1.29, 1.82) is 0 Å². The van der Waals surface area contributed by atoms with Crippen LogP contribution in [0.4, 0.5) is 0 Å². The molecule has 0 saturated heterocycles. The summed E-state index contributed by atoms with van der Waals surface area (Å²) in [5.41, 5.74) is 2.79. The molecule has 28 heavy (non-hydrogen) atoms. The number of hydrogen-bond acceptors (Lipinski definition) is 5. The van der Waals surface area contributed by atoms with Crippen molar-refractivity contribution in [2.24, 2.45) is 7.05 Å². The number of pyridine rings is 1. The van der Waals surface area contributed by atoms with Gasteiger partial charge in [0, 0.05) is 38.4 Å². The van der Waals surface area contributed by atoms with Crippen molar-refractivity contribution in [3.8, 4) is 11.5 Å². The number of aryl methyl sites for hydroxylation is 1. The molecule has 4 aromatic heterocycles. The topological polar surface area (TPSA) is 82.0 Å². The summed E-state index contributed by atoms with van der Waals surface area (Å²) in [6.45, 7) is 4.53. The van der Waals surface area contributed by atoms with Crippen LogP contribution >= 0.6 is 0 Å². The van der Waals surface area contributed by atoms with E-state index in [1.165, 1.54) is 0 Å². The molecule has 8 heteroatoms. The molecule has 144 valence electrons. The standard InChI is InChI=1S/C20H22N6O2/c1-13(2)26-19-16(10-22-26)15(8-17(23-19)18-6-5-7-28-18)20(27)24(3)11-14-9-21-25(4)12-14/h5-10,12-13H,11H2,1-4H3. The van der Waals surface area contributed by atoms with Gasteiger partial charge in [-0.15, -0.1) is 0 Å². The minimum Gasteiger partial charge on any atom is -0.463 e. The maximum absolute atomic E-state index is 13.3. The van der Waals surface area contributed by atoms with Gasteiger partial charge in [-0.05, 0) is 32.0 Å². The second-order valence-corrected chi connectivity index (χ2v) is 7.14. The third-order valence-corrected chi connectivity index (χ3v) is 4.58. The Bertz CT molecular complexity index is 1120. The van der Waals surface area contributed by atoms with Gasteiger partial charge in [0.05, 0.1) is 29.6 Å². The quantitative estimate of drug-likeness (QED) is 0.532. The van der Waals surface area contributed by atoms with Gasteiger partial charge in [0.25, 0.3) is 5.91 Å². The molecular weight excluding hydrogens is 356 g/mol. The second-order valence-electron chi connectivity index (χ2n) is 7.14. The van der Waals surface area contributed by atoms with Crippen molar-refractivity contribution in [2.75, 3.05) is 7.05 Å². The largest absolute Gasteiger partial charge is 0.463 e. The van der Waals surface area contributed by atoms with Gasteiger partial charge >= 0.3 is 0 Å². The average Bonchev–Trinajstić information content (AvgIpc) is 3.40. The summed E-state index contributed by atoms with van der Waals surface area (Å²) >= 11 is 0. The molecule has 0 unspecified atom stereocenters. The lowest BCUT2D eigenvalue weighted by Gasteiger charge is -2.17. The Morgan fingerprint density at radius 1 is 1.29 bits per heavy atom. The van der Waals surface area contributed by atoms with Crippen molar-refractivity contribution < 1.29 is 9.21 Å². The number of carbonyl (C=O) groups excluding carboxylic acids is 1. The van der Waals surface area contributed by atoms with Gasteiger partial charge in [-0.2, -0.15) is 10.2 Å². The Balaban J connectivity index is 1.79. The molecule has 0 saturated carbocycles. The van der Waals surface area contributed by atoms with Crippen LogP contribution in [0.25, 0.3) is 22.5 Å². The lowest BCUT2D eigenvalue weighted by Crippen LogP contribution is -2.26. The predicted octanol–water partition coefficient (Wildman–Crippen LogP) is 3.28. The molecule has 8 nitrogen and oxygen atoms in total. The van der Waals surface area contributed by atoms with Gasteiger partial charge < -0.3 is 9.32 Å². The van der Waals surface area contributed by atoms with Crippen LogP contribution in [0.5, 0.6) is 0 Å². The summed E-state index contributed by atoms with van der Waals surface area (Å²) in [6, 6.07) is 5.53. The third-order valence-electron chi connectivity index (χ3n) is 4.58. The molecular formula is C20H22N6O2. The fourth-order valence-electron chi connectivity index (χ4n) is 3.23. The molecule has 0 aliphatic rings. The fraction of sp³-hybridized carbons (Fsp3) is 0.300. The normalized spacial score (nSPS) is 11.5. The summed E-state index contributed by atoms with van der Waals surface area (Å²) in [5, 5.41) is 9.34. The predicted molar refractivity (Wildman–Crippen MR) is 105 cm³/mol. The van der Waals surface area contributed by atoms with Crippen molar-refractivity contribution in [3.05, 3.63) is 54.2 Å². The highest BCUT2D eigenvalue weighted by Gasteiger charge is 2.22. The summed E-state index contributed by atoms with van der Waals surface area (Å²) in [6.07, 6.45) is 6.96. The van der Waals surface area contributed by atoms with E-state index in [9.17, 15) is 4.79 Å². The third kappa shape index (κ3) is 3.17. The number of furan rings is 1. The van der Waals surface area contributed by atoms with Gasteiger partial charge in [0.15, 0.2) is 11.4 Å². The van der Waals surface area contributed by atoms with E-state index in [4.69, 9.17) is 9.40 Å². The zero-order chi connectivity index (χ0) is 19.8. The van der Waals surface area contributed by atoms with E-state index < -0.39 is 0 Å². The van der Waals surface area contributed by atoms with Crippen molar-refractivity contribution in [1.82, 2.24) is 29.4 Å². The summed E-state index contributed by atoms with van der Waals surface area (Å²) in [5.74, 6) is 0.509. The van der Waals surface area contributed by atoms with Gasteiger partial charge in [-0.1, -0.05) is 0 Å². The molecule has 4 heterocycles. The monoisotopic (exact) mass is 378 g/mol. The lowest BCUT2D eigenvalue weighted by molar-refractivity contribution is 0.0787. The number of hydrogen-bond donors (Lipinski definition) is 0. The minimum absolute atomic E-state index is 0.104. The molecule has 0 aliphatic carbocycles. The lowest BCUT2D eigenvalue weighted by atomic mass is 10.1. The highest BCUT2D eigenvalue weighted by atomic mass is 16.3. The van der Waals surface area contributed by atoms with Gasteiger partial charge in [0.2, 0.25) is 0 Å². The van der Waals surface area contributed by atoms with Crippen LogP contribution in [0.1, 0.15) is 35.8 Å². The molecule has 0 spiro atoms. The van der Waals surface area contributed by atoms with E-state index in [0.29, 0.717) is 29.2 Å². The first kappa shape index (κ1) is 18.0. The van der Waals surface area contributed by atoms with Crippen molar-refractivity contribution in [2.45, 2.75) is 26.4 Å². The van der Waals surface area contributed by atoms with Gasteiger partial charge in [-0.25, -0.2) is 9.67 Å². The Labute approximate surface area is 162 Å². The van der Waals surface area contributed by atoms with E-state index in [1.54, 1.807) is 47.4 Å². The molecule has 4 rings (SSSR count). The van der Waals surface area contributed by atoms with Crippen LogP contribution in [0.3, 0.4) is 0 Å². The number of aromatic nitrogens is 5. The number of amides is 1. The fourth-order valence-corrected chi connectivity index (χ4v) is 3.23. The zero-order valence-corrected chi connectivity index (χ0v) is 16.3. The molecule has 0 aliphatic heterocycles. The summed E-state index contributed by atoms with van der Waals surface area (Å²) in [7, 11) is 3.63. The van der Waals surface area contributed by atoms with Crippen molar-refractivity contribution in [3.63, 3.8) is 0 Å². The average molecular weight is 378 g/mol. The molecule has 4 aromatic rings. The Morgan fingerprint density at radius 3 is 2.75 bits per heavy atom. The van der Waals surface area contributed by atoms with E-state index in [-0.39, 0.29) is 11.9 Å². The van der Waals surface area contributed by atoms with Crippen LogP contribution in [0, 0.1) is 0 Å². The smallest absolute Gasteiger partial charge is 0.254 e. The van der Waals surface area contributed by atoms with Crippen LogP contribution in [-0.4, -0.2) is 42.4 Å².